The summed E-state index contributed by atoms with van der Waals surface area (Å²) in [5.41, 5.74) is 6.68. The number of carboxylic acid groups (broad SMARTS) is 3. The van der Waals surface area contributed by atoms with Crippen LogP contribution >= 0.6 is 0 Å². The Morgan fingerprint density at radius 2 is 1.40 bits per heavy atom. The zero-order valence-corrected chi connectivity index (χ0v) is 26.3. The largest absolute Gasteiger partial charge is 0.481 e. The summed E-state index contributed by atoms with van der Waals surface area (Å²) in [7, 11) is 0. The van der Waals surface area contributed by atoms with Crippen LogP contribution in [0.25, 0.3) is 10.8 Å². The lowest BCUT2D eigenvalue weighted by molar-refractivity contribution is -0.141. The van der Waals surface area contributed by atoms with Gasteiger partial charge < -0.3 is 42.3 Å². The second kappa shape index (κ2) is 18.4. The van der Waals surface area contributed by atoms with Gasteiger partial charge in [-0.1, -0.05) is 42.5 Å². The molecule has 1 aliphatic carbocycles. The number of urea groups is 1. The van der Waals surface area contributed by atoms with Crippen LogP contribution in [0, 0.1) is 11.8 Å². The van der Waals surface area contributed by atoms with Gasteiger partial charge in [-0.3, -0.25) is 14.4 Å². The van der Waals surface area contributed by atoms with Gasteiger partial charge in [-0.2, -0.15) is 0 Å². The van der Waals surface area contributed by atoms with E-state index in [1.54, 1.807) is 0 Å². The maximum Gasteiger partial charge on any atom is 0.326 e. The van der Waals surface area contributed by atoms with Gasteiger partial charge in [0.1, 0.15) is 18.1 Å². The Morgan fingerprint density at radius 1 is 0.766 bits per heavy atom. The van der Waals surface area contributed by atoms with Crippen LogP contribution in [0.3, 0.4) is 0 Å². The number of hydrogen-bond acceptors (Lipinski definition) is 7. The summed E-state index contributed by atoms with van der Waals surface area (Å²) in [6.07, 6.45) is 3.26. The summed E-state index contributed by atoms with van der Waals surface area (Å²) in [6, 6.07) is 9.04. The Labute approximate surface area is 272 Å². The van der Waals surface area contributed by atoms with Gasteiger partial charge in [-0.25, -0.2) is 14.4 Å². The molecule has 3 atom stereocenters. The Hall–Kier alpha value is -4.72. The van der Waals surface area contributed by atoms with Crippen molar-refractivity contribution in [3.63, 3.8) is 0 Å². The van der Waals surface area contributed by atoms with Crippen LogP contribution < -0.4 is 27.0 Å². The van der Waals surface area contributed by atoms with Gasteiger partial charge in [0.05, 0.1) is 0 Å². The molecular formula is C33H45N5O9. The zero-order chi connectivity index (χ0) is 34.3. The van der Waals surface area contributed by atoms with Gasteiger partial charge in [-0.15, -0.1) is 0 Å². The van der Waals surface area contributed by atoms with Crippen molar-refractivity contribution in [2.45, 2.75) is 82.3 Å². The van der Waals surface area contributed by atoms with E-state index in [1.165, 1.54) is 0 Å². The van der Waals surface area contributed by atoms with Crippen molar-refractivity contribution < 1.29 is 44.1 Å². The van der Waals surface area contributed by atoms with E-state index in [9.17, 15) is 39.0 Å². The molecular weight excluding hydrogens is 610 g/mol. The number of carbonyl (C=O) groups is 6. The van der Waals surface area contributed by atoms with Gasteiger partial charge in [0.2, 0.25) is 11.8 Å². The number of fused-ring (bicyclic) bond motifs is 1. The molecule has 9 N–H and O–H groups in total. The van der Waals surface area contributed by atoms with Crippen LogP contribution in [-0.4, -0.2) is 82.3 Å². The van der Waals surface area contributed by atoms with E-state index in [-0.39, 0.29) is 43.5 Å². The van der Waals surface area contributed by atoms with Crippen LogP contribution in [0.4, 0.5) is 4.79 Å². The molecule has 1 saturated carbocycles. The van der Waals surface area contributed by atoms with Crippen LogP contribution in [-0.2, 0) is 30.4 Å². The quantitative estimate of drug-likeness (QED) is 0.109. The molecule has 0 radical (unpaired) electrons. The Morgan fingerprint density at radius 3 is 2.02 bits per heavy atom. The lowest BCUT2D eigenvalue weighted by atomic mass is 9.81. The first-order valence-electron chi connectivity index (χ1n) is 16.0. The van der Waals surface area contributed by atoms with E-state index in [2.05, 4.69) is 21.3 Å². The maximum atomic E-state index is 13.3. The third-order valence-corrected chi connectivity index (χ3v) is 8.51. The molecule has 14 nitrogen and oxygen atoms in total. The number of nitrogens with one attached hydrogen (secondary N) is 4. The average Bonchev–Trinajstić information content (AvgIpc) is 3.05. The highest BCUT2D eigenvalue weighted by Crippen LogP contribution is 2.28. The number of nitrogens with two attached hydrogens (primary N) is 1. The normalized spacial score (nSPS) is 17.9. The first kappa shape index (κ1) is 36.7. The SMILES string of the molecule is NCC1CCC(C(=O)NC(Cc2ccc3ccccc3c2)C(=O)NCCCC[C@@H](NC(=O)N[C@@H](CCC(=O)O)C(=O)O)C(=O)O)CC1. The fourth-order valence-electron chi connectivity index (χ4n) is 5.71. The number of rotatable bonds is 18. The molecule has 0 bridgehead atoms. The molecule has 1 unspecified atom stereocenters. The van der Waals surface area contributed by atoms with E-state index in [0.29, 0.717) is 38.1 Å². The van der Waals surface area contributed by atoms with Crippen molar-refractivity contribution in [1.29, 1.82) is 0 Å². The summed E-state index contributed by atoms with van der Waals surface area (Å²) < 4.78 is 0. The van der Waals surface area contributed by atoms with Crippen molar-refractivity contribution in [2.75, 3.05) is 13.1 Å². The number of amides is 4. The molecule has 2 aromatic rings. The third-order valence-electron chi connectivity index (χ3n) is 8.51. The number of carboxylic acids is 3. The van der Waals surface area contributed by atoms with E-state index in [1.807, 2.05) is 42.5 Å². The molecule has 47 heavy (non-hydrogen) atoms. The van der Waals surface area contributed by atoms with Crippen LogP contribution in [0.1, 0.15) is 63.4 Å². The summed E-state index contributed by atoms with van der Waals surface area (Å²) >= 11 is 0. The van der Waals surface area contributed by atoms with E-state index in [0.717, 1.165) is 29.2 Å². The van der Waals surface area contributed by atoms with Gasteiger partial charge >= 0.3 is 23.9 Å². The highest BCUT2D eigenvalue weighted by Gasteiger charge is 2.29. The third kappa shape index (κ3) is 12.2. The summed E-state index contributed by atoms with van der Waals surface area (Å²) in [6.45, 7) is 0.789. The fraction of sp³-hybridized carbons (Fsp3) is 0.515. The molecule has 1 fully saturated rings. The number of hydrogen-bond donors (Lipinski definition) is 8. The second-order valence-corrected chi connectivity index (χ2v) is 12.0. The minimum atomic E-state index is -1.50. The number of unbranched alkanes of at least 4 members (excludes halogenated alkanes) is 1. The standard InChI is InChI=1S/C33H45N5O9/c34-19-20-8-12-23(13-9-20)29(41)36-27(18-21-10-11-22-5-1-2-6-24(22)17-21)30(42)35-16-4-3-7-25(31(43)44)37-33(47)38-26(32(45)46)14-15-28(39)40/h1-2,5-6,10-11,17,20,23,25-27H,3-4,7-9,12-16,18-19,34H2,(H,35,42)(H,36,41)(H,39,40)(H,43,44)(H,45,46)(H2,37,38,47)/t20?,23?,25-,26+,27?/m1/s1. The molecule has 2 aromatic carbocycles. The first-order chi connectivity index (χ1) is 22.5. The van der Waals surface area contributed by atoms with Gasteiger partial charge in [0, 0.05) is 25.3 Å². The summed E-state index contributed by atoms with van der Waals surface area (Å²) in [4.78, 5) is 72.5. The lowest BCUT2D eigenvalue weighted by Crippen LogP contribution is -2.51. The van der Waals surface area contributed by atoms with Crippen molar-refractivity contribution in [2.24, 2.45) is 17.6 Å². The molecule has 0 aromatic heterocycles. The van der Waals surface area contributed by atoms with Gasteiger partial charge in [0.15, 0.2) is 0 Å². The minimum absolute atomic E-state index is 0.00574. The maximum absolute atomic E-state index is 13.3. The van der Waals surface area contributed by atoms with E-state index in [4.69, 9.17) is 10.8 Å². The molecule has 1 aliphatic rings. The smallest absolute Gasteiger partial charge is 0.326 e. The summed E-state index contributed by atoms with van der Waals surface area (Å²) in [5, 5.41) is 39.7. The molecule has 4 amide bonds. The number of aliphatic carboxylic acids is 3. The predicted molar refractivity (Wildman–Crippen MR) is 172 cm³/mol. The molecule has 0 heterocycles. The zero-order valence-electron chi connectivity index (χ0n) is 26.3. The monoisotopic (exact) mass is 655 g/mol. The molecule has 3 rings (SSSR count). The Kier molecular flexibility index (Phi) is 14.4. The van der Waals surface area contributed by atoms with E-state index >= 15 is 0 Å². The van der Waals surface area contributed by atoms with Gasteiger partial charge in [0.25, 0.3) is 0 Å². The molecule has 0 aliphatic heterocycles. The average molecular weight is 656 g/mol. The lowest BCUT2D eigenvalue weighted by Gasteiger charge is -2.28. The predicted octanol–water partition coefficient (Wildman–Crippen LogP) is 1.99. The Bertz CT molecular complexity index is 1410. The fourth-order valence-corrected chi connectivity index (χ4v) is 5.71. The molecule has 256 valence electrons. The number of benzene rings is 2. The van der Waals surface area contributed by atoms with Gasteiger partial charge in [-0.05, 0) is 80.2 Å². The Balaban J connectivity index is 1.54. The first-order valence-corrected chi connectivity index (χ1v) is 16.0. The second-order valence-electron chi connectivity index (χ2n) is 12.0. The van der Waals surface area contributed by atoms with Crippen molar-refractivity contribution in [3.05, 3.63) is 48.0 Å². The minimum Gasteiger partial charge on any atom is -0.481 e. The van der Waals surface area contributed by atoms with Crippen LogP contribution in [0.15, 0.2) is 42.5 Å². The molecule has 0 saturated heterocycles. The summed E-state index contributed by atoms with van der Waals surface area (Å²) in [5.74, 6) is -4.32. The van der Waals surface area contributed by atoms with Crippen molar-refractivity contribution in [1.82, 2.24) is 21.3 Å². The van der Waals surface area contributed by atoms with Crippen molar-refractivity contribution >= 4 is 46.5 Å². The van der Waals surface area contributed by atoms with E-state index < -0.39 is 48.5 Å². The topological polar surface area (TPSA) is 237 Å². The van der Waals surface area contributed by atoms with Crippen molar-refractivity contribution in [3.8, 4) is 0 Å². The van der Waals surface area contributed by atoms with Crippen LogP contribution in [0.2, 0.25) is 0 Å². The molecule has 14 heteroatoms. The highest BCUT2D eigenvalue weighted by molar-refractivity contribution is 5.89. The molecule has 0 spiro atoms. The van der Waals surface area contributed by atoms with Crippen LogP contribution in [0.5, 0.6) is 0 Å². The highest BCUT2D eigenvalue weighted by atomic mass is 16.4. The number of carbonyl (C=O) groups excluding carboxylic acids is 3.